The molecule has 2 aliphatic rings. The number of hydrogen-bond acceptors (Lipinski definition) is 2. The number of nitrogens with one attached hydrogen (secondary N) is 1. The molecule has 1 atom stereocenters. The van der Waals surface area contributed by atoms with Crippen LogP contribution in [0.3, 0.4) is 0 Å². The number of alkyl halides is 3. The summed E-state index contributed by atoms with van der Waals surface area (Å²) in [5.41, 5.74) is -3.27. The predicted molar refractivity (Wildman–Crippen MR) is 80.2 cm³/mol. The van der Waals surface area contributed by atoms with Crippen molar-refractivity contribution in [2.45, 2.75) is 24.6 Å². The number of anilines is 1. The van der Waals surface area contributed by atoms with Gasteiger partial charge < -0.3 is 4.74 Å². The lowest BCUT2D eigenvalue weighted by molar-refractivity contribution is -0.239. The third-order valence-electron chi connectivity index (χ3n) is 3.27. The molecule has 22 heavy (non-hydrogen) atoms. The van der Waals surface area contributed by atoms with E-state index < -0.39 is 17.9 Å². The van der Waals surface area contributed by atoms with Crippen LogP contribution in [0.5, 0.6) is 0 Å². The zero-order chi connectivity index (χ0) is 15.3. The van der Waals surface area contributed by atoms with Gasteiger partial charge in [-0.15, -0.1) is 0 Å². The maximum atomic E-state index is 13.6. The molecule has 0 saturated heterocycles. The highest BCUT2D eigenvalue weighted by atomic mass is 35.5. The Hall–Kier alpha value is -1.52. The number of ether oxygens (including phenoxy) is 1. The molecule has 1 amide bonds. The molecular weight excluding hydrogens is 339 g/mol. The lowest BCUT2D eigenvalue weighted by atomic mass is 9.90. The maximum absolute atomic E-state index is 13.6. The molecule has 1 aromatic carbocycles. The molecule has 0 aromatic heterocycles. The molecule has 1 saturated carbocycles. The molecular formula is C14H11ClF3NO2S. The first-order valence-corrected chi connectivity index (χ1v) is 6.59. The highest BCUT2D eigenvalue weighted by Gasteiger charge is 2.62. The van der Waals surface area contributed by atoms with E-state index in [-0.39, 0.29) is 35.7 Å². The lowest BCUT2D eigenvalue weighted by Crippen LogP contribution is -2.49. The first-order valence-electron chi connectivity index (χ1n) is 6.21. The summed E-state index contributed by atoms with van der Waals surface area (Å²) in [6.07, 6.45) is -4.54. The molecule has 3 rings (SSSR count). The van der Waals surface area contributed by atoms with Crippen molar-refractivity contribution in [3.05, 3.63) is 28.8 Å². The summed E-state index contributed by atoms with van der Waals surface area (Å²) in [5.74, 6) is 4.60. The smallest absolute Gasteiger partial charge is 0.415 e. The number of carbonyl (C=O) groups excluding carboxylic acids is 1. The standard InChI is InChI=1S/C14H9ClF3NO2.H2S/c15-9-3-4-11-10(7-9)13(14(16,17)18,21-12(20)19-11)6-5-8-1-2-8;/h3-4,7-8H,1-2H2,(H,19,20);1H2/t13-;/m0./s1. The summed E-state index contributed by atoms with van der Waals surface area (Å²) in [6, 6.07) is 3.81. The van der Waals surface area contributed by atoms with Gasteiger partial charge in [0.1, 0.15) is 0 Å². The third-order valence-corrected chi connectivity index (χ3v) is 3.51. The molecule has 1 heterocycles. The maximum Gasteiger partial charge on any atom is 0.445 e. The van der Waals surface area contributed by atoms with E-state index >= 15 is 0 Å². The van der Waals surface area contributed by atoms with Crippen LogP contribution in [0.1, 0.15) is 18.4 Å². The van der Waals surface area contributed by atoms with Gasteiger partial charge in [0.05, 0.1) is 5.69 Å². The number of benzene rings is 1. The molecule has 1 aromatic rings. The van der Waals surface area contributed by atoms with Crippen molar-refractivity contribution in [2.75, 3.05) is 5.32 Å². The van der Waals surface area contributed by atoms with Crippen LogP contribution < -0.4 is 5.32 Å². The van der Waals surface area contributed by atoms with Crippen molar-refractivity contribution in [2.24, 2.45) is 5.92 Å². The SMILES string of the molecule is O=C1Nc2ccc(Cl)cc2[C@@](C#CC2CC2)(C(F)(F)F)O1.S. The summed E-state index contributed by atoms with van der Waals surface area (Å²) in [4.78, 5) is 11.5. The minimum absolute atomic E-state index is 0. The van der Waals surface area contributed by atoms with Gasteiger partial charge in [0, 0.05) is 16.5 Å². The van der Waals surface area contributed by atoms with Gasteiger partial charge in [0.15, 0.2) is 0 Å². The van der Waals surface area contributed by atoms with Gasteiger partial charge in [0.2, 0.25) is 0 Å². The molecule has 118 valence electrons. The van der Waals surface area contributed by atoms with E-state index in [0.29, 0.717) is 0 Å². The van der Waals surface area contributed by atoms with Gasteiger partial charge in [-0.25, -0.2) is 4.79 Å². The first-order chi connectivity index (χ1) is 9.82. The fourth-order valence-electron chi connectivity index (χ4n) is 2.05. The zero-order valence-electron chi connectivity index (χ0n) is 11.1. The Balaban J connectivity index is 0.00000176. The van der Waals surface area contributed by atoms with Crippen LogP contribution in [0.15, 0.2) is 18.2 Å². The molecule has 1 aliphatic carbocycles. The summed E-state index contributed by atoms with van der Waals surface area (Å²) in [6.45, 7) is 0. The number of rotatable bonds is 0. The van der Waals surface area contributed by atoms with Crippen molar-refractivity contribution in [1.82, 2.24) is 0 Å². The molecule has 8 heteroatoms. The minimum atomic E-state index is -4.87. The largest absolute Gasteiger partial charge is 0.445 e. The number of cyclic esters (lactones) is 1. The fourth-order valence-corrected chi connectivity index (χ4v) is 2.22. The van der Waals surface area contributed by atoms with Gasteiger partial charge in [-0.3, -0.25) is 5.32 Å². The number of hydrogen-bond donors (Lipinski definition) is 1. The minimum Gasteiger partial charge on any atom is -0.415 e. The Bertz CT molecular complexity index is 679. The molecule has 3 nitrogen and oxygen atoms in total. The van der Waals surface area contributed by atoms with Crippen LogP contribution in [0, 0.1) is 17.8 Å². The molecule has 1 aliphatic heterocycles. The van der Waals surface area contributed by atoms with Crippen LogP contribution in [-0.4, -0.2) is 12.3 Å². The second-order valence-electron chi connectivity index (χ2n) is 4.93. The number of amides is 1. The van der Waals surface area contributed by atoms with Crippen molar-refractivity contribution < 1.29 is 22.7 Å². The molecule has 0 unspecified atom stereocenters. The molecule has 1 N–H and O–H groups in total. The van der Waals surface area contributed by atoms with Gasteiger partial charge >= 0.3 is 12.3 Å². The quantitative estimate of drug-likeness (QED) is 0.713. The topological polar surface area (TPSA) is 38.3 Å². The first kappa shape index (κ1) is 16.8. The molecule has 0 spiro atoms. The molecule has 0 bridgehead atoms. The highest BCUT2D eigenvalue weighted by Crippen LogP contribution is 2.48. The summed E-state index contributed by atoms with van der Waals surface area (Å²) >= 11 is 5.78. The fraction of sp³-hybridized carbons (Fsp3) is 0.357. The molecule has 1 fully saturated rings. The van der Waals surface area contributed by atoms with Crippen LogP contribution in [0.25, 0.3) is 0 Å². The Labute approximate surface area is 136 Å². The Morgan fingerprint density at radius 1 is 1.36 bits per heavy atom. The van der Waals surface area contributed by atoms with Crippen molar-refractivity contribution in [3.8, 4) is 11.8 Å². The number of halogens is 4. The summed E-state index contributed by atoms with van der Waals surface area (Å²) in [7, 11) is 0. The van der Waals surface area contributed by atoms with Gasteiger partial charge in [-0.05, 0) is 37.0 Å². The Morgan fingerprint density at radius 3 is 2.64 bits per heavy atom. The predicted octanol–water partition coefficient (Wildman–Crippen LogP) is 4.19. The number of carbonyl (C=O) groups is 1. The number of fused-ring (bicyclic) bond motifs is 1. The van der Waals surface area contributed by atoms with Gasteiger partial charge in [-0.2, -0.15) is 26.7 Å². The van der Waals surface area contributed by atoms with Crippen molar-refractivity contribution in [3.63, 3.8) is 0 Å². The van der Waals surface area contributed by atoms with Crippen LogP contribution in [0.4, 0.5) is 23.7 Å². The van der Waals surface area contributed by atoms with E-state index in [2.05, 4.69) is 21.9 Å². The van der Waals surface area contributed by atoms with Crippen LogP contribution in [0.2, 0.25) is 5.02 Å². The van der Waals surface area contributed by atoms with Gasteiger partial charge in [0.25, 0.3) is 5.60 Å². The average Bonchev–Trinajstić information content (AvgIpc) is 3.19. The van der Waals surface area contributed by atoms with E-state index in [1.165, 1.54) is 12.1 Å². The monoisotopic (exact) mass is 349 g/mol. The van der Waals surface area contributed by atoms with E-state index in [9.17, 15) is 18.0 Å². The van der Waals surface area contributed by atoms with E-state index in [1.54, 1.807) is 0 Å². The van der Waals surface area contributed by atoms with E-state index in [0.717, 1.165) is 18.9 Å². The normalized spacial score (nSPS) is 23.2. The van der Waals surface area contributed by atoms with E-state index in [4.69, 9.17) is 11.6 Å². The van der Waals surface area contributed by atoms with Crippen LogP contribution >= 0.6 is 25.1 Å². The third kappa shape index (κ3) is 2.85. The lowest BCUT2D eigenvalue weighted by Gasteiger charge is -2.35. The highest BCUT2D eigenvalue weighted by molar-refractivity contribution is 7.59. The van der Waals surface area contributed by atoms with Gasteiger partial charge in [-0.1, -0.05) is 17.5 Å². The van der Waals surface area contributed by atoms with Crippen molar-refractivity contribution in [1.29, 1.82) is 0 Å². The summed E-state index contributed by atoms with van der Waals surface area (Å²) < 4.78 is 45.4. The second-order valence-corrected chi connectivity index (χ2v) is 5.36. The second kappa shape index (κ2) is 5.60. The van der Waals surface area contributed by atoms with Crippen LogP contribution in [-0.2, 0) is 10.3 Å². The van der Waals surface area contributed by atoms with Crippen molar-refractivity contribution >= 4 is 36.9 Å². The Morgan fingerprint density at radius 2 is 2.05 bits per heavy atom. The summed E-state index contributed by atoms with van der Waals surface area (Å²) in [5, 5.41) is 2.34. The molecule has 0 radical (unpaired) electrons. The average molecular weight is 350 g/mol. The van der Waals surface area contributed by atoms with E-state index in [1.807, 2.05) is 0 Å². The Kier molecular flexibility index (Phi) is 4.28. The zero-order valence-corrected chi connectivity index (χ0v) is 12.8.